The van der Waals surface area contributed by atoms with Crippen LogP contribution < -0.4 is 0 Å². The van der Waals surface area contributed by atoms with Crippen molar-refractivity contribution in [2.75, 3.05) is 13.2 Å². The molecule has 0 saturated carbocycles. The average Bonchev–Trinajstić information content (AvgIpc) is 3.58. The Morgan fingerprint density at radius 2 is 1.33 bits per heavy atom. The lowest BCUT2D eigenvalue weighted by Gasteiger charge is -2.54. The van der Waals surface area contributed by atoms with Gasteiger partial charge < -0.3 is 4.74 Å². The molecular weight excluding hydrogens is 557 g/mol. The van der Waals surface area contributed by atoms with E-state index in [2.05, 4.69) is 0 Å². The van der Waals surface area contributed by atoms with E-state index in [-0.39, 0.29) is 37.2 Å². The first-order valence-corrected chi connectivity index (χ1v) is 14.6. The summed E-state index contributed by atoms with van der Waals surface area (Å²) in [5.74, 6) is -2.88. The Morgan fingerprint density at radius 1 is 0.795 bits per heavy atom. The van der Waals surface area contributed by atoms with Crippen LogP contribution in [-0.2, 0) is 28.9 Å². The highest BCUT2D eigenvalue weighted by molar-refractivity contribution is 7.12. The number of ether oxygens (including phenoxy) is 1. The second-order valence-electron chi connectivity index (χ2n) is 10.2. The van der Waals surface area contributed by atoms with Crippen LogP contribution >= 0.6 is 34.5 Å². The Kier molecular flexibility index (Phi) is 6.64. The van der Waals surface area contributed by atoms with E-state index in [0.29, 0.717) is 24.1 Å². The van der Waals surface area contributed by atoms with Crippen LogP contribution in [0.1, 0.15) is 57.6 Å². The summed E-state index contributed by atoms with van der Waals surface area (Å²) in [6.45, 7) is -0.0484. The molecule has 0 radical (unpaired) electrons. The van der Waals surface area contributed by atoms with Gasteiger partial charge in [0.25, 0.3) is 0 Å². The molecule has 1 fully saturated rings. The molecule has 2 heterocycles. The first-order chi connectivity index (χ1) is 18.8. The highest BCUT2D eigenvalue weighted by Crippen LogP contribution is 2.69. The van der Waals surface area contributed by atoms with Gasteiger partial charge in [-0.1, -0.05) is 61.0 Å². The molecule has 39 heavy (non-hydrogen) atoms. The van der Waals surface area contributed by atoms with Crippen LogP contribution in [0.5, 0.6) is 0 Å². The van der Waals surface area contributed by atoms with Crippen molar-refractivity contribution in [1.29, 1.82) is 0 Å². The highest BCUT2D eigenvalue weighted by Gasteiger charge is 2.72. The molecule has 3 aromatic rings. The fourth-order valence-electron chi connectivity index (χ4n) is 6.39. The molecule has 2 aromatic carbocycles. The number of halogens is 2. The van der Waals surface area contributed by atoms with Crippen LogP contribution in [0.2, 0.25) is 0 Å². The van der Waals surface area contributed by atoms with Crippen molar-refractivity contribution in [3.63, 3.8) is 0 Å². The number of Topliss-reactive ketones (excluding diaryl/α,β-unsaturated/α-hetero) is 1. The lowest BCUT2D eigenvalue weighted by atomic mass is 9.54. The van der Waals surface area contributed by atoms with Gasteiger partial charge in [0.15, 0.2) is 6.61 Å². The molecule has 200 valence electrons. The standard InChI is InChI=1S/C30H25Cl2NO5S/c31-29-18-9-3-4-10-19(18)30(32,21-12-6-5-11-20(21)29)26-25(29)27(36)33(28(26)37)15-7-1-2-14-24(35)38-17-22(34)23-13-8-16-39-23/h3-6,8-13,16,25-26H,1-2,7,14-15,17H2/t25-,26+,29?,30?. The number of ketones is 1. The van der Waals surface area contributed by atoms with Crippen LogP contribution in [0.3, 0.4) is 0 Å². The molecule has 7 rings (SSSR count). The number of hydrogen-bond donors (Lipinski definition) is 0. The maximum absolute atomic E-state index is 13.8. The summed E-state index contributed by atoms with van der Waals surface area (Å²) in [6.07, 6.45) is 1.82. The number of thiophene rings is 1. The molecule has 0 spiro atoms. The van der Waals surface area contributed by atoms with E-state index < -0.39 is 27.6 Å². The Bertz CT molecular complexity index is 1360. The predicted molar refractivity (Wildman–Crippen MR) is 148 cm³/mol. The molecule has 1 saturated heterocycles. The second-order valence-corrected chi connectivity index (χ2v) is 12.3. The van der Waals surface area contributed by atoms with E-state index in [1.54, 1.807) is 17.5 Å². The van der Waals surface area contributed by atoms with Crippen molar-refractivity contribution in [2.45, 2.75) is 35.4 Å². The molecule has 1 aliphatic heterocycles. The summed E-state index contributed by atoms with van der Waals surface area (Å²) in [6, 6.07) is 18.6. The Balaban J connectivity index is 1.12. The normalized spacial score (nSPS) is 26.3. The van der Waals surface area contributed by atoms with Crippen molar-refractivity contribution >= 4 is 58.1 Å². The monoisotopic (exact) mass is 581 g/mol. The SMILES string of the molecule is O=C(CCCCCN1C(=O)[C@@H]2[C@H](C1=O)C1(Cl)c3ccccc3C2(Cl)c2ccccc21)OCC(=O)c1cccs1. The second kappa shape index (κ2) is 9.88. The fourth-order valence-corrected chi connectivity index (χ4v) is 8.14. The minimum Gasteiger partial charge on any atom is -0.457 e. The van der Waals surface area contributed by atoms with Gasteiger partial charge in [0.1, 0.15) is 9.75 Å². The molecule has 2 atom stereocenters. The molecule has 2 amide bonds. The molecule has 4 aliphatic rings. The number of imide groups is 1. The summed E-state index contributed by atoms with van der Waals surface area (Å²) >= 11 is 16.1. The Hall–Kier alpha value is -3.00. The van der Waals surface area contributed by atoms with Crippen molar-refractivity contribution in [3.8, 4) is 0 Å². The Labute approximate surface area is 239 Å². The van der Waals surface area contributed by atoms with Crippen molar-refractivity contribution in [3.05, 3.63) is 93.2 Å². The molecule has 0 unspecified atom stereocenters. The van der Waals surface area contributed by atoms with Gasteiger partial charge in [-0.05, 0) is 46.5 Å². The number of amides is 2. The molecule has 3 aliphatic carbocycles. The highest BCUT2D eigenvalue weighted by atomic mass is 35.5. The lowest BCUT2D eigenvalue weighted by molar-refractivity contribution is -0.143. The maximum Gasteiger partial charge on any atom is 0.306 e. The van der Waals surface area contributed by atoms with E-state index in [1.807, 2.05) is 48.5 Å². The zero-order chi connectivity index (χ0) is 27.4. The summed E-state index contributed by atoms with van der Waals surface area (Å²) in [5, 5.41) is 1.79. The van der Waals surface area contributed by atoms with Gasteiger partial charge in [-0.25, -0.2) is 0 Å². The molecule has 6 nitrogen and oxygen atoms in total. The first kappa shape index (κ1) is 26.2. The minimum atomic E-state index is -1.18. The lowest BCUT2D eigenvalue weighted by Crippen LogP contribution is -2.57. The van der Waals surface area contributed by atoms with Gasteiger partial charge in [0.2, 0.25) is 17.6 Å². The van der Waals surface area contributed by atoms with Gasteiger partial charge in [0, 0.05) is 13.0 Å². The van der Waals surface area contributed by atoms with Crippen molar-refractivity contribution in [2.24, 2.45) is 11.8 Å². The molecule has 9 heteroatoms. The predicted octanol–water partition coefficient (Wildman–Crippen LogP) is 5.63. The number of hydrogen-bond acceptors (Lipinski definition) is 6. The smallest absolute Gasteiger partial charge is 0.306 e. The van der Waals surface area contributed by atoms with E-state index in [9.17, 15) is 19.2 Å². The van der Waals surface area contributed by atoms with E-state index in [4.69, 9.17) is 27.9 Å². The van der Waals surface area contributed by atoms with Crippen molar-refractivity contribution in [1.82, 2.24) is 4.90 Å². The summed E-state index contributed by atoms with van der Waals surface area (Å²) in [5.41, 5.74) is 3.11. The average molecular weight is 583 g/mol. The summed E-state index contributed by atoms with van der Waals surface area (Å²) in [4.78, 5) is 51.1. The van der Waals surface area contributed by atoms with Gasteiger partial charge in [0.05, 0.1) is 16.7 Å². The zero-order valence-electron chi connectivity index (χ0n) is 20.9. The topological polar surface area (TPSA) is 80.8 Å². The minimum absolute atomic E-state index is 0.158. The quantitative estimate of drug-likeness (QED) is 0.108. The molecule has 2 bridgehead atoms. The van der Waals surface area contributed by atoms with Gasteiger partial charge in [-0.2, -0.15) is 0 Å². The zero-order valence-corrected chi connectivity index (χ0v) is 23.2. The number of alkyl halides is 2. The summed E-state index contributed by atoms with van der Waals surface area (Å²) < 4.78 is 5.09. The van der Waals surface area contributed by atoms with E-state index in [1.165, 1.54) is 16.2 Å². The van der Waals surface area contributed by atoms with Gasteiger partial charge >= 0.3 is 5.97 Å². The number of carbonyl (C=O) groups is 4. The van der Waals surface area contributed by atoms with Crippen LogP contribution in [0.15, 0.2) is 66.0 Å². The molecule has 1 aromatic heterocycles. The number of rotatable bonds is 9. The van der Waals surface area contributed by atoms with Crippen LogP contribution in [0.25, 0.3) is 0 Å². The number of nitrogens with zero attached hydrogens (tertiary/aromatic N) is 1. The largest absolute Gasteiger partial charge is 0.457 e. The third-order valence-corrected chi connectivity index (χ3v) is 10.3. The maximum atomic E-state index is 13.8. The van der Waals surface area contributed by atoms with E-state index in [0.717, 1.165) is 22.3 Å². The number of unbranched alkanes of at least 4 members (excludes halogenated alkanes) is 2. The number of esters is 1. The van der Waals surface area contributed by atoms with Crippen LogP contribution in [0.4, 0.5) is 0 Å². The molecule has 0 N–H and O–H groups in total. The summed E-state index contributed by atoms with van der Waals surface area (Å²) in [7, 11) is 0. The molecular formula is C30H25Cl2NO5S. The first-order valence-electron chi connectivity index (χ1n) is 12.9. The van der Waals surface area contributed by atoms with Crippen LogP contribution in [-0.4, -0.2) is 41.6 Å². The van der Waals surface area contributed by atoms with E-state index >= 15 is 0 Å². The number of likely N-dealkylation sites (tertiary alicyclic amines) is 1. The van der Waals surface area contributed by atoms with Crippen LogP contribution in [0, 0.1) is 11.8 Å². The fraction of sp³-hybridized carbons (Fsp3) is 0.333. The third kappa shape index (κ3) is 3.89. The Morgan fingerprint density at radius 3 is 1.82 bits per heavy atom. The van der Waals surface area contributed by atoms with Gasteiger partial charge in [-0.3, -0.25) is 24.1 Å². The van der Waals surface area contributed by atoms with Crippen molar-refractivity contribution < 1.29 is 23.9 Å². The number of benzene rings is 2. The van der Waals surface area contributed by atoms with Gasteiger partial charge in [-0.15, -0.1) is 34.5 Å². The number of carbonyl (C=O) groups excluding carboxylic acids is 4. The third-order valence-electron chi connectivity index (χ3n) is 8.10.